The number of ether oxygens (including phenoxy) is 1. The number of hydrogen-bond donors (Lipinski definition) is 1. The number of aliphatic hydroxyl groups is 1. The smallest absolute Gasteiger partial charge is 0.331 e. The lowest BCUT2D eigenvalue weighted by Crippen LogP contribution is -2.08. The molecule has 0 spiro atoms. The standard InChI is InChI=1S/C5H9O3/c1-2-3-8-5(7)4-6/h6H,1-4H2. The van der Waals surface area contributed by atoms with Gasteiger partial charge in [-0.25, -0.2) is 4.79 Å². The summed E-state index contributed by atoms with van der Waals surface area (Å²) in [6.07, 6.45) is 0.547. The van der Waals surface area contributed by atoms with E-state index in [2.05, 4.69) is 11.7 Å². The molecule has 0 aromatic rings. The van der Waals surface area contributed by atoms with Gasteiger partial charge in [-0.1, -0.05) is 0 Å². The molecule has 3 heteroatoms. The highest BCUT2D eigenvalue weighted by atomic mass is 16.5. The normalized spacial score (nSPS) is 8.75. The molecule has 0 aliphatic rings. The number of carbonyl (C=O) groups excluding carboxylic acids is 1. The summed E-state index contributed by atoms with van der Waals surface area (Å²) in [4.78, 5) is 10.1. The van der Waals surface area contributed by atoms with Gasteiger partial charge in [-0.2, -0.15) is 0 Å². The zero-order valence-electron chi connectivity index (χ0n) is 4.59. The van der Waals surface area contributed by atoms with Crippen LogP contribution in [0.5, 0.6) is 0 Å². The SMILES string of the molecule is [CH2]CCOC(=O)CO. The van der Waals surface area contributed by atoms with Crippen LogP contribution in [0.4, 0.5) is 0 Å². The summed E-state index contributed by atoms with van der Waals surface area (Å²) in [5.74, 6) is -0.589. The van der Waals surface area contributed by atoms with Crippen LogP contribution in [0.3, 0.4) is 0 Å². The molecule has 0 aliphatic heterocycles. The van der Waals surface area contributed by atoms with Crippen molar-refractivity contribution in [1.29, 1.82) is 0 Å². The molecule has 0 aromatic heterocycles. The molecule has 0 atom stereocenters. The van der Waals surface area contributed by atoms with E-state index < -0.39 is 12.6 Å². The molecule has 47 valence electrons. The van der Waals surface area contributed by atoms with Crippen LogP contribution in [-0.4, -0.2) is 24.3 Å². The fourth-order valence-electron chi connectivity index (χ4n) is 0.232. The average Bonchev–Trinajstić information content (AvgIpc) is 1.83. The van der Waals surface area contributed by atoms with E-state index in [1.807, 2.05) is 0 Å². The van der Waals surface area contributed by atoms with Crippen molar-refractivity contribution in [3.63, 3.8) is 0 Å². The van der Waals surface area contributed by atoms with E-state index in [0.29, 0.717) is 13.0 Å². The van der Waals surface area contributed by atoms with Crippen LogP contribution < -0.4 is 0 Å². The minimum Gasteiger partial charge on any atom is -0.464 e. The van der Waals surface area contributed by atoms with Crippen molar-refractivity contribution in [2.24, 2.45) is 0 Å². The van der Waals surface area contributed by atoms with Gasteiger partial charge in [0.05, 0.1) is 6.61 Å². The topological polar surface area (TPSA) is 46.5 Å². The number of aliphatic hydroxyl groups excluding tert-OH is 1. The lowest BCUT2D eigenvalue weighted by molar-refractivity contribution is -0.146. The van der Waals surface area contributed by atoms with Crippen molar-refractivity contribution in [2.75, 3.05) is 13.2 Å². The molecule has 1 radical (unpaired) electrons. The van der Waals surface area contributed by atoms with Gasteiger partial charge in [0.2, 0.25) is 0 Å². The zero-order valence-corrected chi connectivity index (χ0v) is 4.59. The Kier molecular flexibility index (Phi) is 4.26. The molecule has 0 saturated heterocycles. The minimum absolute atomic E-state index is 0.291. The molecule has 0 aliphatic carbocycles. The Morgan fingerprint density at radius 2 is 2.38 bits per heavy atom. The van der Waals surface area contributed by atoms with Crippen LogP contribution in [0.1, 0.15) is 6.42 Å². The Hall–Kier alpha value is -0.570. The summed E-state index contributed by atoms with van der Waals surface area (Å²) in [6, 6.07) is 0. The molecule has 0 saturated carbocycles. The fraction of sp³-hybridized carbons (Fsp3) is 0.600. The monoisotopic (exact) mass is 117 g/mol. The van der Waals surface area contributed by atoms with Gasteiger partial charge in [0.25, 0.3) is 0 Å². The van der Waals surface area contributed by atoms with E-state index in [1.54, 1.807) is 0 Å². The van der Waals surface area contributed by atoms with Crippen LogP contribution in [0.15, 0.2) is 0 Å². The Morgan fingerprint density at radius 1 is 1.75 bits per heavy atom. The molecule has 0 rings (SSSR count). The Labute approximate surface area is 48.3 Å². The first kappa shape index (κ1) is 7.43. The molecule has 0 fully saturated rings. The summed E-state index contributed by atoms with van der Waals surface area (Å²) in [6.45, 7) is 3.18. The fourth-order valence-corrected chi connectivity index (χ4v) is 0.232. The van der Waals surface area contributed by atoms with E-state index in [0.717, 1.165) is 0 Å². The van der Waals surface area contributed by atoms with Crippen molar-refractivity contribution in [2.45, 2.75) is 6.42 Å². The van der Waals surface area contributed by atoms with Crippen molar-refractivity contribution in [3.05, 3.63) is 6.92 Å². The summed E-state index contributed by atoms with van der Waals surface area (Å²) in [5, 5.41) is 8.07. The molecule has 0 heterocycles. The van der Waals surface area contributed by atoms with Crippen molar-refractivity contribution in [3.8, 4) is 0 Å². The van der Waals surface area contributed by atoms with Crippen LogP contribution in [0.25, 0.3) is 0 Å². The van der Waals surface area contributed by atoms with Crippen LogP contribution in [-0.2, 0) is 9.53 Å². The average molecular weight is 117 g/mol. The third-order valence-electron chi connectivity index (χ3n) is 0.536. The lowest BCUT2D eigenvalue weighted by Gasteiger charge is -1.96. The minimum atomic E-state index is -0.589. The van der Waals surface area contributed by atoms with Gasteiger partial charge in [-0.15, -0.1) is 0 Å². The second-order valence-corrected chi connectivity index (χ2v) is 1.23. The molecule has 0 unspecified atom stereocenters. The molecular weight excluding hydrogens is 108 g/mol. The molecule has 3 nitrogen and oxygen atoms in total. The van der Waals surface area contributed by atoms with Gasteiger partial charge in [0.15, 0.2) is 0 Å². The molecular formula is C5H9O3. The molecule has 1 N–H and O–H groups in total. The second-order valence-electron chi connectivity index (χ2n) is 1.23. The predicted octanol–water partition coefficient (Wildman–Crippen LogP) is -0.254. The number of rotatable bonds is 3. The summed E-state index contributed by atoms with van der Waals surface area (Å²) in [7, 11) is 0. The zero-order chi connectivity index (χ0) is 6.41. The van der Waals surface area contributed by atoms with Crippen LogP contribution in [0, 0.1) is 6.92 Å². The predicted molar refractivity (Wildman–Crippen MR) is 28.0 cm³/mol. The highest BCUT2D eigenvalue weighted by Gasteiger charge is 1.94. The van der Waals surface area contributed by atoms with Gasteiger partial charge >= 0.3 is 5.97 Å². The van der Waals surface area contributed by atoms with E-state index in [9.17, 15) is 4.79 Å². The first-order valence-electron chi connectivity index (χ1n) is 2.37. The highest BCUT2D eigenvalue weighted by molar-refractivity contribution is 5.70. The van der Waals surface area contributed by atoms with Crippen molar-refractivity contribution >= 4 is 5.97 Å². The van der Waals surface area contributed by atoms with E-state index in [-0.39, 0.29) is 0 Å². The van der Waals surface area contributed by atoms with Crippen molar-refractivity contribution < 1.29 is 14.6 Å². The third-order valence-corrected chi connectivity index (χ3v) is 0.536. The quantitative estimate of drug-likeness (QED) is 0.518. The Balaban J connectivity index is 2.99. The molecule has 0 bridgehead atoms. The summed E-state index contributed by atoms with van der Waals surface area (Å²) < 4.78 is 4.39. The van der Waals surface area contributed by atoms with E-state index >= 15 is 0 Å². The van der Waals surface area contributed by atoms with Gasteiger partial charge in [0.1, 0.15) is 6.61 Å². The number of carbonyl (C=O) groups is 1. The maximum atomic E-state index is 10.1. The first-order chi connectivity index (χ1) is 3.81. The van der Waals surface area contributed by atoms with Crippen LogP contribution >= 0.6 is 0 Å². The van der Waals surface area contributed by atoms with E-state index in [1.165, 1.54) is 0 Å². The van der Waals surface area contributed by atoms with Gasteiger partial charge in [0, 0.05) is 0 Å². The van der Waals surface area contributed by atoms with Gasteiger partial charge < -0.3 is 9.84 Å². The van der Waals surface area contributed by atoms with Crippen molar-refractivity contribution in [1.82, 2.24) is 0 Å². The Bertz CT molecular complexity index is 70.1. The van der Waals surface area contributed by atoms with Crippen LogP contribution in [0.2, 0.25) is 0 Å². The second kappa shape index (κ2) is 4.59. The summed E-state index contributed by atoms with van der Waals surface area (Å²) in [5.41, 5.74) is 0. The van der Waals surface area contributed by atoms with Gasteiger partial charge in [-0.3, -0.25) is 0 Å². The third kappa shape index (κ3) is 3.61. The molecule has 0 aromatic carbocycles. The lowest BCUT2D eigenvalue weighted by atomic mass is 10.5. The van der Waals surface area contributed by atoms with E-state index in [4.69, 9.17) is 5.11 Å². The number of esters is 1. The first-order valence-corrected chi connectivity index (χ1v) is 2.37. The molecule has 8 heavy (non-hydrogen) atoms. The maximum absolute atomic E-state index is 10.1. The highest BCUT2D eigenvalue weighted by Crippen LogP contribution is 1.79. The Morgan fingerprint density at radius 3 is 2.75 bits per heavy atom. The number of hydrogen-bond acceptors (Lipinski definition) is 3. The van der Waals surface area contributed by atoms with Gasteiger partial charge in [-0.05, 0) is 13.3 Å². The maximum Gasteiger partial charge on any atom is 0.331 e. The summed E-state index contributed by atoms with van der Waals surface area (Å²) >= 11 is 0. The molecule has 0 amide bonds. The largest absolute Gasteiger partial charge is 0.464 e.